The molecule has 0 N–H and O–H groups in total. The molecule has 2 saturated heterocycles. The Balaban J connectivity index is 1.19. The van der Waals surface area contributed by atoms with Gasteiger partial charge in [0.2, 0.25) is 21.8 Å². The van der Waals surface area contributed by atoms with Crippen LogP contribution >= 0.6 is 0 Å². The zero-order chi connectivity index (χ0) is 29.0. The van der Waals surface area contributed by atoms with Gasteiger partial charge in [-0.05, 0) is 49.8 Å². The molecule has 9 nitrogen and oxygen atoms in total. The number of benzene rings is 2. The number of alkyl halides is 1. The molecule has 0 aromatic heterocycles. The number of hydrogen-bond donors (Lipinski definition) is 0. The molecule has 3 heterocycles. The van der Waals surface area contributed by atoms with Crippen molar-refractivity contribution in [3.8, 4) is 11.5 Å². The zero-order valence-electron chi connectivity index (χ0n) is 23.5. The lowest BCUT2D eigenvalue weighted by molar-refractivity contribution is -0.131. The van der Waals surface area contributed by atoms with Crippen molar-refractivity contribution in [2.24, 2.45) is 0 Å². The molecule has 0 unspecified atom stereocenters. The second-order valence-electron chi connectivity index (χ2n) is 11.0. The summed E-state index contributed by atoms with van der Waals surface area (Å²) in [6.45, 7) is 1.13. The second kappa shape index (κ2) is 12.8. The standard InChI is InChI=1S/C30H38FN3O6S/c1-41(37,38)33-17-12-25(13-18-33)40-26-8-6-23(28(21-26)39-19-14-31)20-30(36)32-15-10-24(11-16-32)34-27-5-3-2-4-22(27)7-9-29(34)35/h2-6,8,21,24-25H,7,9-20H2,1H3/i31-1. The summed E-state index contributed by atoms with van der Waals surface area (Å²) in [5.41, 5.74) is 2.84. The normalized spacial score (nSPS) is 19.2. The summed E-state index contributed by atoms with van der Waals surface area (Å²) in [5, 5.41) is 0. The molecule has 2 aromatic carbocycles. The maximum absolute atomic E-state index is 13.3. The highest BCUT2D eigenvalue weighted by Crippen LogP contribution is 2.33. The summed E-state index contributed by atoms with van der Waals surface area (Å²) in [6.07, 6.45) is 5.01. The van der Waals surface area contributed by atoms with Crippen LogP contribution in [0.4, 0.5) is 10.1 Å². The van der Waals surface area contributed by atoms with Crippen molar-refractivity contribution in [2.75, 3.05) is 50.6 Å². The van der Waals surface area contributed by atoms with E-state index in [1.54, 1.807) is 18.2 Å². The van der Waals surface area contributed by atoms with Crippen molar-refractivity contribution in [1.82, 2.24) is 9.21 Å². The Morgan fingerprint density at radius 3 is 2.44 bits per heavy atom. The molecule has 5 rings (SSSR count). The minimum atomic E-state index is -3.22. The van der Waals surface area contributed by atoms with E-state index in [2.05, 4.69) is 6.07 Å². The number of para-hydroxylation sites is 1. The summed E-state index contributed by atoms with van der Waals surface area (Å²) in [6, 6.07) is 13.4. The molecule has 3 aliphatic heterocycles. The number of amides is 2. The molecule has 0 spiro atoms. The van der Waals surface area contributed by atoms with Crippen LogP contribution in [0.5, 0.6) is 11.5 Å². The van der Waals surface area contributed by atoms with E-state index in [4.69, 9.17) is 9.47 Å². The first-order valence-electron chi connectivity index (χ1n) is 14.3. The SMILES string of the molecule is CS(=O)(=O)N1CCC(Oc2ccc(CC(=O)N3CCC(N4C(=O)CCc5ccccc54)CC3)c(OCC[18F])c2)CC1. The second-order valence-corrected chi connectivity index (χ2v) is 12.9. The lowest BCUT2D eigenvalue weighted by Gasteiger charge is -2.41. The largest absolute Gasteiger partial charge is 0.490 e. The van der Waals surface area contributed by atoms with Crippen molar-refractivity contribution in [3.05, 3.63) is 53.6 Å². The van der Waals surface area contributed by atoms with Crippen molar-refractivity contribution in [3.63, 3.8) is 0 Å². The molecule has 0 bridgehead atoms. The molecule has 2 amide bonds. The van der Waals surface area contributed by atoms with Gasteiger partial charge in [0.15, 0.2) is 0 Å². The van der Waals surface area contributed by atoms with Gasteiger partial charge < -0.3 is 19.3 Å². The van der Waals surface area contributed by atoms with Gasteiger partial charge in [-0.25, -0.2) is 17.1 Å². The Labute approximate surface area is 241 Å². The van der Waals surface area contributed by atoms with Gasteiger partial charge in [0.05, 0.1) is 12.7 Å². The fraction of sp³-hybridized carbons (Fsp3) is 0.533. The average Bonchev–Trinajstić information content (AvgIpc) is 2.97. The first kappa shape index (κ1) is 29.3. The summed E-state index contributed by atoms with van der Waals surface area (Å²) < 4.78 is 49.7. The van der Waals surface area contributed by atoms with Gasteiger partial charge >= 0.3 is 0 Å². The Bertz CT molecular complexity index is 1350. The highest BCUT2D eigenvalue weighted by atomic mass is 32.2. The third-order valence-corrected chi connectivity index (χ3v) is 9.50. The van der Waals surface area contributed by atoms with E-state index in [0.717, 1.165) is 12.1 Å². The molecule has 41 heavy (non-hydrogen) atoms. The van der Waals surface area contributed by atoms with Crippen molar-refractivity contribution in [1.29, 1.82) is 0 Å². The van der Waals surface area contributed by atoms with Gasteiger partial charge in [-0.3, -0.25) is 9.59 Å². The Morgan fingerprint density at radius 2 is 1.73 bits per heavy atom. The number of ether oxygens (including phenoxy) is 2. The van der Waals surface area contributed by atoms with Crippen LogP contribution < -0.4 is 14.4 Å². The number of carbonyl (C=O) groups excluding carboxylic acids is 2. The fourth-order valence-corrected chi connectivity index (χ4v) is 6.89. The van der Waals surface area contributed by atoms with Crippen LogP contribution in [0.2, 0.25) is 0 Å². The van der Waals surface area contributed by atoms with Crippen LogP contribution in [0.3, 0.4) is 0 Å². The number of halogens is 1. The van der Waals surface area contributed by atoms with Crippen LogP contribution in [0.15, 0.2) is 42.5 Å². The van der Waals surface area contributed by atoms with Gasteiger partial charge in [0, 0.05) is 56.0 Å². The average molecular weight is 587 g/mol. The van der Waals surface area contributed by atoms with Crippen molar-refractivity contribution >= 4 is 27.5 Å². The van der Waals surface area contributed by atoms with E-state index >= 15 is 0 Å². The van der Waals surface area contributed by atoms with E-state index < -0.39 is 16.7 Å². The third kappa shape index (κ3) is 7.01. The topological polar surface area (TPSA) is 96.5 Å². The van der Waals surface area contributed by atoms with Gasteiger partial charge in [0.25, 0.3) is 0 Å². The van der Waals surface area contributed by atoms with E-state index in [1.807, 2.05) is 28.0 Å². The summed E-state index contributed by atoms with van der Waals surface area (Å²) in [5.74, 6) is 1.06. The van der Waals surface area contributed by atoms with Crippen LogP contribution in [0.25, 0.3) is 0 Å². The van der Waals surface area contributed by atoms with Gasteiger partial charge in [-0.2, -0.15) is 0 Å². The molecule has 0 saturated carbocycles. The number of nitrogens with zero attached hydrogens (tertiary/aromatic N) is 3. The zero-order valence-corrected chi connectivity index (χ0v) is 24.3. The first-order valence-corrected chi connectivity index (χ1v) is 16.2. The minimum absolute atomic E-state index is 0.0410. The number of sulfonamides is 1. The molecular weight excluding hydrogens is 548 g/mol. The number of carbonyl (C=O) groups is 2. The summed E-state index contributed by atoms with van der Waals surface area (Å²) in [4.78, 5) is 29.9. The molecule has 2 fully saturated rings. The Kier molecular flexibility index (Phi) is 9.13. The minimum Gasteiger partial charge on any atom is -0.490 e. The Hall–Kier alpha value is -3.18. The monoisotopic (exact) mass is 586 g/mol. The fourth-order valence-electron chi connectivity index (χ4n) is 6.01. The first-order chi connectivity index (χ1) is 19.7. The number of hydrogen-bond acceptors (Lipinski definition) is 6. The van der Waals surface area contributed by atoms with E-state index in [9.17, 15) is 22.4 Å². The highest BCUT2D eigenvalue weighted by Gasteiger charge is 2.34. The van der Waals surface area contributed by atoms with Crippen molar-refractivity contribution < 1.29 is 31.9 Å². The molecule has 0 radical (unpaired) electrons. The number of fused-ring (bicyclic) bond motifs is 1. The highest BCUT2D eigenvalue weighted by molar-refractivity contribution is 7.88. The summed E-state index contributed by atoms with van der Waals surface area (Å²) in [7, 11) is -3.22. The predicted octanol–water partition coefficient (Wildman–Crippen LogP) is 3.35. The number of likely N-dealkylation sites (tertiary alicyclic amines) is 1. The smallest absolute Gasteiger partial charge is 0.227 e. The van der Waals surface area contributed by atoms with E-state index in [1.165, 1.54) is 16.1 Å². The number of piperidine rings is 2. The molecule has 0 aliphatic carbocycles. The molecule has 2 aromatic rings. The van der Waals surface area contributed by atoms with Crippen LogP contribution in [0.1, 0.15) is 43.2 Å². The Morgan fingerprint density at radius 1 is 1.00 bits per heavy atom. The van der Waals surface area contributed by atoms with Crippen LogP contribution in [-0.4, -0.2) is 87.3 Å². The van der Waals surface area contributed by atoms with Gasteiger partial charge in [0.1, 0.15) is 30.9 Å². The number of aryl methyl sites for hydroxylation is 1. The molecule has 3 aliphatic rings. The third-order valence-electron chi connectivity index (χ3n) is 8.20. The molecule has 0 atom stereocenters. The van der Waals surface area contributed by atoms with E-state index in [-0.39, 0.29) is 37.0 Å². The quantitative estimate of drug-likeness (QED) is 0.447. The number of anilines is 1. The lowest BCUT2D eigenvalue weighted by atomic mass is 9.95. The van der Waals surface area contributed by atoms with Crippen LogP contribution in [-0.2, 0) is 32.5 Å². The maximum atomic E-state index is 13.3. The van der Waals surface area contributed by atoms with Crippen molar-refractivity contribution in [2.45, 2.75) is 57.1 Å². The molecular formula is C30H38FN3O6S. The van der Waals surface area contributed by atoms with E-state index in [0.29, 0.717) is 75.3 Å². The van der Waals surface area contributed by atoms with Gasteiger partial charge in [-0.15, -0.1) is 0 Å². The summed E-state index contributed by atoms with van der Waals surface area (Å²) >= 11 is 0. The van der Waals surface area contributed by atoms with Crippen LogP contribution in [0, 0.1) is 0 Å². The maximum Gasteiger partial charge on any atom is 0.227 e. The lowest BCUT2D eigenvalue weighted by Crippen LogP contribution is -2.50. The number of rotatable bonds is 9. The predicted molar refractivity (Wildman–Crippen MR) is 154 cm³/mol. The molecule has 11 heteroatoms. The molecule has 222 valence electrons. The van der Waals surface area contributed by atoms with Gasteiger partial charge in [-0.1, -0.05) is 24.3 Å².